The van der Waals surface area contributed by atoms with E-state index in [2.05, 4.69) is 5.32 Å². The lowest BCUT2D eigenvalue weighted by Gasteiger charge is -2.30. The summed E-state index contributed by atoms with van der Waals surface area (Å²) in [6.45, 7) is 7.79. The standard InChI is InChI=1S/C22H22N2O3S/c1-13(2)27-17-10-8-16(9-11-17)12-18-20(25)23-22(28)24(21(18)26)19-7-5-6-14(3)15(19)4/h5-13H,1-4H3,(H,23,25,28)/b18-12+. The summed E-state index contributed by atoms with van der Waals surface area (Å²) in [5.41, 5.74) is 3.40. The second-order valence-corrected chi connectivity index (χ2v) is 7.30. The number of nitrogens with one attached hydrogen (secondary N) is 1. The normalized spacial score (nSPS) is 16.0. The summed E-state index contributed by atoms with van der Waals surface area (Å²) >= 11 is 5.27. The molecular formula is C22H22N2O3S. The summed E-state index contributed by atoms with van der Waals surface area (Å²) in [6.07, 6.45) is 1.64. The number of carbonyl (C=O) groups is 2. The minimum Gasteiger partial charge on any atom is -0.491 e. The Labute approximate surface area is 170 Å². The van der Waals surface area contributed by atoms with Gasteiger partial charge in [-0.2, -0.15) is 0 Å². The van der Waals surface area contributed by atoms with E-state index < -0.39 is 11.8 Å². The first-order chi connectivity index (χ1) is 13.3. The summed E-state index contributed by atoms with van der Waals surface area (Å²) in [6, 6.07) is 12.9. The van der Waals surface area contributed by atoms with Gasteiger partial charge in [0.2, 0.25) is 0 Å². The van der Waals surface area contributed by atoms with E-state index in [-0.39, 0.29) is 16.8 Å². The maximum Gasteiger partial charge on any atom is 0.270 e. The Morgan fingerprint density at radius 2 is 1.75 bits per heavy atom. The van der Waals surface area contributed by atoms with Gasteiger partial charge in [0, 0.05) is 0 Å². The number of nitrogens with zero attached hydrogens (tertiary/aromatic N) is 1. The molecule has 2 aromatic rings. The molecule has 0 aliphatic carbocycles. The first-order valence-electron chi connectivity index (χ1n) is 9.02. The van der Waals surface area contributed by atoms with Crippen molar-refractivity contribution in [3.63, 3.8) is 0 Å². The van der Waals surface area contributed by atoms with Crippen LogP contribution >= 0.6 is 12.2 Å². The molecule has 1 aliphatic heterocycles. The van der Waals surface area contributed by atoms with Crippen molar-refractivity contribution in [2.45, 2.75) is 33.8 Å². The number of benzene rings is 2. The second kappa shape index (κ2) is 7.94. The molecule has 0 saturated carbocycles. The monoisotopic (exact) mass is 394 g/mol. The zero-order valence-electron chi connectivity index (χ0n) is 16.3. The Hall–Kier alpha value is -2.99. The van der Waals surface area contributed by atoms with Crippen LogP contribution in [-0.4, -0.2) is 23.0 Å². The molecule has 0 spiro atoms. The Kier molecular flexibility index (Phi) is 5.61. The highest BCUT2D eigenvalue weighted by Crippen LogP contribution is 2.27. The third-order valence-corrected chi connectivity index (χ3v) is 4.77. The van der Waals surface area contributed by atoms with Crippen LogP contribution in [-0.2, 0) is 9.59 Å². The van der Waals surface area contributed by atoms with Crippen LogP contribution in [0.25, 0.3) is 6.08 Å². The van der Waals surface area contributed by atoms with Crippen LogP contribution in [0.1, 0.15) is 30.5 Å². The van der Waals surface area contributed by atoms with Gasteiger partial charge < -0.3 is 4.74 Å². The Balaban J connectivity index is 1.96. The molecule has 6 heteroatoms. The molecule has 0 aromatic heterocycles. The first-order valence-corrected chi connectivity index (χ1v) is 9.43. The zero-order chi connectivity index (χ0) is 20.4. The van der Waals surface area contributed by atoms with Gasteiger partial charge in [0.25, 0.3) is 11.8 Å². The summed E-state index contributed by atoms with van der Waals surface area (Å²) in [7, 11) is 0. The van der Waals surface area contributed by atoms with Crippen LogP contribution in [0.4, 0.5) is 5.69 Å². The van der Waals surface area contributed by atoms with Crippen molar-refractivity contribution in [3.05, 3.63) is 64.7 Å². The molecule has 1 saturated heterocycles. The number of rotatable bonds is 4. The van der Waals surface area contributed by atoms with Crippen molar-refractivity contribution >= 4 is 40.9 Å². The van der Waals surface area contributed by atoms with E-state index in [1.165, 1.54) is 4.90 Å². The van der Waals surface area contributed by atoms with Gasteiger partial charge in [0.1, 0.15) is 11.3 Å². The fraction of sp³-hybridized carbons (Fsp3) is 0.227. The summed E-state index contributed by atoms with van der Waals surface area (Å²) in [5.74, 6) is -0.209. The highest BCUT2D eigenvalue weighted by Gasteiger charge is 2.35. The highest BCUT2D eigenvalue weighted by molar-refractivity contribution is 7.80. The quantitative estimate of drug-likeness (QED) is 0.485. The van der Waals surface area contributed by atoms with Crippen molar-refractivity contribution in [1.82, 2.24) is 5.32 Å². The Morgan fingerprint density at radius 1 is 1.07 bits per heavy atom. The number of ether oxygens (including phenoxy) is 1. The Bertz CT molecular complexity index is 978. The molecule has 1 heterocycles. The highest BCUT2D eigenvalue weighted by atomic mass is 32.1. The molecular weight excluding hydrogens is 372 g/mol. The van der Waals surface area contributed by atoms with E-state index in [1.807, 2.05) is 58.0 Å². The van der Waals surface area contributed by atoms with Crippen molar-refractivity contribution in [1.29, 1.82) is 0 Å². The van der Waals surface area contributed by atoms with E-state index in [0.717, 1.165) is 22.4 Å². The molecule has 0 radical (unpaired) electrons. The minimum atomic E-state index is -0.501. The molecule has 1 N–H and O–H groups in total. The minimum absolute atomic E-state index is 0.0343. The molecule has 5 nitrogen and oxygen atoms in total. The zero-order valence-corrected chi connectivity index (χ0v) is 17.1. The lowest BCUT2D eigenvalue weighted by Crippen LogP contribution is -2.54. The number of aryl methyl sites for hydroxylation is 1. The summed E-state index contributed by atoms with van der Waals surface area (Å²) < 4.78 is 5.62. The van der Waals surface area contributed by atoms with Gasteiger partial charge in [-0.15, -0.1) is 0 Å². The number of amides is 2. The largest absolute Gasteiger partial charge is 0.491 e. The van der Waals surface area contributed by atoms with Crippen LogP contribution in [0.15, 0.2) is 48.0 Å². The van der Waals surface area contributed by atoms with E-state index in [0.29, 0.717) is 5.69 Å². The van der Waals surface area contributed by atoms with Crippen LogP contribution < -0.4 is 15.0 Å². The van der Waals surface area contributed by atoms with Crippen molar-refractivity contribution in [3.8, 4) is 5.75 Å². The van der Waals surface area contributed by atoms with Gasteiger partial charge in [-0.3, -0.25) is 19.8 Å². The fourth-order valence-electron chi connectivity index (χ4n) is 2.94. The smallest absolute Gasteiger partial charge is 0.270 e. The molecule has 2 amide bonds. The second-order valence-electron chi connectivity index (χ2n) is 6.91. The number of carbonyl (C=O) groups excluding carboxylic acids is 2. The van der Waals surface area contributed by atoms with Gasteiger partial charge in [-0.25, -0.2) is 0 Å². The van der Waals surface area contributed by atoms with Gasteiger partial charge in [0.15, 0.2) is 5.11 Å². The van der Waals surface area contributed by atoms with Gasteiger partial charge >= 0.3 is 0 Å². The lowest BCUT2D eigenvalue weighted by atomic mass is 10.0. The predicted molar refractivity (Wildman–Crippen MR) is 114 cm³/mol. The van der Waals surface area contributed by atoms with E-state index >= 15 is 0 Å². The summed E-state index contributed by atoms with van der Waals surface area (Å²) in [4.78, 5) is 26.9. The van der Waals surface area contributed by atoms with Crippen molar-refractivity contribution < 1.29 is 14.3 Å². The number of anilines is 1. The predicted octanol–water partition coefficient (Wildman–Crippen LogP) is 3.92. The summed E-state index contributed by atoms with van der Waals surface area (Å²) in [5, 5.41) is 2.70. The van der Waals surface area contributed by atoms with Crippen LogP contribution in [0.5, 0.6) is 5.75 Å². The number of hydrogen-bond donors (Lipinski definition) is 1. The van der Waals surface area contributed by atoms with E-state index in [4.69, 9.17) is 17.0 Å². The molecule has 1 aliphatic rings. The van der Waals surface area contributed by atoms with Crippen LogP contribution in [0.3, 0.4) is 0 Å². The molecule has 0 bridgehead atoms. The van der Waals surface area contributed by atoms with Crippen LogP contribution in [0, 0.1) is 13.8 Å². The molecule has 3 rings (SSSR count). The number of hydrogen-bond acceptors (Lipinski definition) is 4. The topological polar surface area (TPSA) is 58.6 Å². The van der Waals surface area contributed by atoms with Crippen LogP contribution in [0.2, 0.25) is 0 Å². The SMILES string of the molecule is Cc1cccc(N2C(=O)/C(=C/c3ccc(OC(C)C)cc3)C(=O)NC2=S)c1C. The average Bonchev–Trinajstić information content (AvgIpc) is 2.63. The average molecular weight is 394 g/mol. The fourth-order valence-corrected chi connectivity index (χ4v) is 3.21. The lowest BCUT2D eigenvalue weighted by molar-refractivity contribution is -0.122. The molecule has 1 fully saturated rings. The number of thiocarbonyl (C=S) groups is 1. The molecule has 0 unspecified atom stereocenters. The van der Waals surface area contributed by atoms with Gasteiger partial charge in [-0.1, -0.05) is 24.3 Å². The third kappa shape index (κ3) is 3.97. The molecule has 144 valence electrons. The molecule has 2 aromatic carbocycles. The van der Waals surface area contributed by atoms with Gasteiger partial charge in [-0.05, 0) is 80.9 Å². The van der Waals surface area contributed by atoms with E-state index in [1.54, 1.807) is 18.2 Å². The van der Waals surface area contributed by atoms with E-state index in [9.17, 15) is 9.59 Å². The Morgan fingerprint density at radius 3 is 2.39 bits per heavy atom. The third-order valence-electron chi connectivity index (χ3n) is 4.48. The maximum absolute atomic E-state index is 13.1. The molecule has 28 heavy (non-hydrogen) atoms. The first kappa shape index (κ1) is 19.8. The van der Waals surface area contributed by atoms with Crippen molar-refractivity contribution in [2.75, 3.05) is 4.90 Å². The maximum atomic E-state index is 13.1. The molecule has 0 atom stereocenters. The van der Waals surface area contributed by atoms with Gasteiger partial charge in [0.05, 0.1) is 11.8 Å². The van der Waals surface area contributed by atoms with Crippen molar-refractivity contribution in [2.24, 2.45) is 0 Å².